The Hall–Kier alpha value is -3.22. The molecule has 0 aliphatic carbocycles. The predicted molar refractivity (Wildman–Crippen MR) is 98.2 cm³/mol. The zero-order chi connectivity index (χ0) is 18.5. The zero-order valence-electron chi connectivity index (χ0n) is 15.0. The molecule has 7 nitrogen and oxygen atoms in total. The molecule has 0 saturated heterocycles. The van der Waals surface area contributed by atoms with Crippen molar-refractivity contribution in [2.75, 3.05) is 12.4 Å². The van der Waals surface area contributed by atoms with Crippen LogP contribution >= 0.6 is 0 Å². The van der Waals surface area contributed by atoms with Gasteiger partial charge in [-0.15, -0.1) is 10.2 Å². The summed E-state index contributed by atoms with van der Waals surface area (Å²) in [6.07, 6.45) is 0.403. The Morgan fingerprint density at radius 3 is 2.69 bits per heavy atom. The lowest BCUT2D eigenvalue weighted by atomic mass is 9.96. The molecule has 26 heavy (non-hydrogen) atoms. The number of methoxy groups -OCH3 is 1. The third-order valence-electron chi connectivity index (χ3n) is 4.38. The molecule has 0 bridgehead atoms. The number of amides is 1. The third-order valence-corrected chi connectivity index (χ3v) is 4.38. The van der Waals surface area contributed by atoms with Crippen molar-refractivity contribution >= 4 is 11.6 Å². The maximum absolute atomic E-state index is 12.9. The second kappa shape index (κ2) is 7.77. The fourth-order valence-corrected chi connectivity index (χ4v) is 2.76. The monoisotopic (exact) mass is 351 g/mol. The molecule has 2 aromatic carbocycles. The molecule has 0 unspecified atom stereocenters. The van der Waals surface area contributed by atoms with E-state index in [-0.39, 0.29) is 5.91 Å². The Morgan fingerprint density at radius 2 is 2.00 bits per heavy atom. The van der Waals surface area contributed by atoms with E-state index in [0.717, 1.165) is 22.6 Å². The number of aryl methyl sites for hydroxylation is 2. The van der Waals surface area contributed by atoms with E-state index in [1.807, 2.05) is 56.3 Å². The van der Waals surface area contributed by atoms with Crippen LogP contribution in [0.4, 0.5) is 5.69 Å². The van der Waals surface area contributed by atoms with E-state index in [0.29, 0.717) is 12.2 Å². The largest absolute Gasteiger partial charge is 0.496 e. The highest BCUT2D eigenvalue weighted by atomic mass is 16.5. The fourth-order valence-electron chi connectivity index (χ4n) is 2.76. The van der Waals surface area contributed by atoms with Crippen LogP contribution in [0.1, 0.15) is 28.4 Å². The number of carbonyl (C=O) groups is 1. The Kier molecular flexibility index (Phi) is 5.26. The number of tetrazole rings is 1. The molecule has 0 aliphatic heterocycles. The maximum atomic E-state index is 12.9. The summed E-state index contributed by atoms with van der Waals surface area (Å²) < 4.78 is 5.39. The average Bonchev–Trinajstić information content (AvgIpc) is 3.17. The van der Waals surface area contributed by atoms with E-state index in [9.17, 15) is 4.79 Å². The van der Waals surface area contributed by atoms with Crippen molar-refractivity contribution in [3.05, 3.63) is 65.0 Å². The van der Waals surface area contributed by atoms with Crippen LogP contribution in [0.15, 0.2) is 42.5 Å². The summed E-state index contributed by atoms with van der Waals surface area (Å²) in [6.45, 7) is 4.04. The van der Waals surface area contributed by atoms with Gasteiger partial charge in [0, 0.05) is 5.69 Å². The highest BCUT2D eigenvalue weighted by molar-refractivity contribution is 5.95. The second-order valence-corrected chi connectivity index (χ2v) is 6.13. The van der Waals surface area contributed by atoms with Gasteiger partial charge in [0.15, 0.2) is 5.82 Å². The lowest BCUT2D eigenvalue weighted by molar-refractivity contribution is -0.117. The van der Waals surface area contributed by atoms with Crippen LogP contribution in [-0.4, -0.2) is 33.6 Å². The number of rotatable bonds is 6. The number of hydrogen-bond donors (Lipinski definition) is 2. The van der Waals surface area contributed by atoms with Gasteiger partial charge in [0.2, 0.25) is 5.91 Å². The minimum absolute atomic E-state index is 0.194. The number of H-pyrrole nitrogens is 1. The molecule has 0 saturated carbocycles. The molecule has 1 atom stereocenters. The molecule has 2 N–H and O–H groups in total. The third kappa shape index (κ3) is 3.88. The molecule has 134 valence electrons. The summed E-state index contributed by atoms with van der Waals surface area (Å²) in [7, 11) is 1.61. The number of benzene rings is 2. The summed E-state index contributed by atoms with van der Waals surface area (Å²) in [5.74, 6) is 0.282. The summed E-state index contributed by atoms with van der Waals surface area (Å²) in [6, 6.07) is 13.4. The molecule has 0 spiro atoms. The van der Waals surface area contributed by atoms with Crippen LogP contribution in [0.2, 0.25) is 0 Å². The number of anilines is 1. The first-order valence-electron chi connectivity index (χ1n) is 8.32. The van der Waals surface area contributed by atoms with Crippen LogP contribution in [0.5, 0.6) is 5.75 Å². The van der Waals surface area contributed by atoms with E-state index in [2.05, 4.69) is 25.9 Å². The van der Waals surface area contributed by atoms with Crippen LogP contribution < -0.4 is 10.1 Å². The van der Waals surface area contributed by atoms with Gasteiger partial charge in [-0.25, -0.2) is 0 Å². The van der Waals surface area contributed by atoms with Crippen LogP contribution in [-0.2, 0) is 11.2 Å². The van der Waals surface area contributed by atoms with Crippen LogP contribution in [0.3, 0.4) is 0 Å². The molecule has 7 heteroatoms. The van der Waals surface area contributed by atoms with Gasteiger partial charge in [-0.2, -0.15) is 5.21 Å². The van der Waals surface area contributed by atoms with Gasteiger partial charge < -0.3 is 10.1 Å². The number of aromatic nitrogens is 4. The number of ether oxygens (including phenoxy) is 1. The van der Waals surface area contributed by atoms with Crippen molar-refractivity contribution in [1.82, 2.24) is 20.6 Å². The number of aromatic amines is 1. The first-order chi connectivity index (χ1) is 12.6. The molecule has 3 rings (SSSR count). The first kappa shape index (κ1) is 17.6. The predicted octanol–water partition coefficient (Wildman–Crippen LogP) is 2.79. The van der Waals surface area contributed by atoms with Gasteiger partial charge >= 0.3 is 0 Å². The van der Waals surface area contributed by atoms with Crippen molar-refractivity contribution < 1.29 is 9.53 Å². The van der Waals surface area contributed by atoms with Crippen molar-refractivity contribution in [1.29, 1.82) is 0 Å². The molecule has 1 amide bonds. The van der Waals surface area contributed by atoms with E-state index >= 15 is 0 Å². The first-order valence-corrected chi connectivity index (χ1v) is 8.32. The summed E-state index contributed by atoms with van der Waals surface area (Å²) in [5, 5.41) is 17.0. The van der Waals surface area contributed by atoms with Gasteiger partial charge in [0.1, 0.15) is 11.7 Å². The highest BCUT2D eigenvalue weighted by Gasteiger charge is 2.26. The zero-order valence-corrected chi connectivity index (χ0v) is 15.0. The number of nitrogens with zero attached hydrogens (tertiary/aromatic N) is 3. The lowest BCUT2D eigenvalue weighted by Crippen LogP contribution is -2.24. The van der Waals surface area contributed by atoms with Crippen molar-refractivity contribution in [2.24, 2.45) is 0 Å². The van der Waals surface area contributed by atoms with E-state index in [4.69, 9.17) is 4.74 Å². The topological polar surface area (TPSA) is 92.8 Å². The minimum Gasteiger partial charge on any atom is -0.496 e. The van der Waals surface area contributed by atoms with Crippen molar-refractivity contribution in [3.63, 3.8) is 0 Å². The van der Waals surface area contributed by atoms with Crippen LogP contribution in [0.25, 0.3) is 0 Å². The summed E-state index contributed by atoms with van der Waals surface area (Å²) in [4.78, 5) is 12.9. The molecular formula is C19H21N5O2. The molecule has 0 radical (unpaired) electrons. The number of para-hydroxylation sites is 1. The van der Waals surface area contributed by atoms with Crippen molar-refractivity contribution in [3.8, 4) is 5.75 Å². The van der Waals surface area contributed by atoms with E-state index in [1.54, 1.807) is 7.11 Å². The lowest BCUT2D eigenvalue weighted by Gasteiger charge is -2.16. The highest BCUT2D eigenvalue weighted by Crippen LogP contribution is 2.26. The van der Waals surface area contributed by atoms with Gasteiger partial charge in [-0.1, -0.05) is 29.5 Å². The molecule has 0 fully saturated rings. The van der Waals surface area contributed by atoms with Crippen molar-refractivity contribution in [2.45, 2.75) is 26.2 Å². The smallest absolute Gasteiger partial charge is 0.235 e. The SMILES string of the molecule is COc1ccccc1C[C@H](C(=O)Nc1ccc(C)c(C)c1)c1nn[nH]n1. The van der Waals surface area contributed by atoms with Gasteiger partial charge in [-0.3, -0.25) is 4.79 Å². The maximum Gasteiger partial charge on any atom is 0.235 e. The molecule has 3 aromatic rings. The number of nitrogens with one attached hydrogen (secondary N) is 2. The molecule has 0 aliphatic rings. The van der Waals surface area contributed by atoms with E-state index in [1.165, 1.54) is 5.56 Å². The van der Waals surface area contributed by atoms with Gasteiger partial charge in [-0.05, 0) is 55.2 Å². The fraction of sp³-hybridized carbons (Fsp3) is 0.263. The number of carbonyl (C=O) groups excluding carboxylic acids is 1. The standard InChI is InChI=1S/C19H21N5O2/c1-12-8-9-15(10-13(12)2)20-19(25)16(18-21-23-24-22-18)11-14-6-4-5-7-17(14)26-3/h4-10,16H,11H2,1-3H3,(H,20,25)(H,21,22,23,24)/t16-/m0/s1. The van der Waals surface area contributed by atoms with Crippen LogP contribution in [0, 0.1) is 13.8 Å². The average molecular weight is 351 g/mol. The Morgan fingerprint density at radius 1 is 1.19 bits per heavy atom. The minimum atomic E-state index is -0.591. The van der Waals surface area contributed by atoms with Gasteiger partial charge in [0.25, 0.3) is 0 Å². The Bertz CT molecular complexity index is 893. The Balaban J connectivity index is 1.86. The summed E-state index contributed by atoms with van der Waals surface area (Å²) >= 11 is 0. The molecular weight excluding hydrogens is 330 g/mol. The quantitative estimate of drug-likeness (QED) is 0.712. The molecule has 1 heterocycles. The normalized spacial score (nSPS) is 11.8. The Labute approximate surface area is 151 Å². The van der Waals surface area contributed by atoms with E-state index < -0.39 is 5.92 Å². The molecule has 1 aromatic heterocycles. The number of hydrogen-bond acceptors (Lipinski definition) is 5. The summed E-state index contributed by atoms with van der Waals surface area (Å²) in [5.41, 5.74) is 3.93. The van der Waals surface area contributed by atoms with Gasteiger partial charge in [0.05, 0.1) is 7.11 Å². The second-order valence-electron chi connectivity index (χ2n) is 6.13.